The monoisotopic (exact) mass is 397 g/mol. The number of rotatable bonds is 2. The van der Waals surface area contributed by atoms with Crippen molar-refractivity contribution in [1.82, 2.24) is 4.90 Å². The summed E-state index contributed by atoms with van der Waals surface area (Å²) in [5, 5.41) is 1.50. The van der Waals surface area contributed by atoms with E-state index < -0.39 is 0 Å². The number of thioether (sulfide) groups is 1. The predicted molar refractivity (Wildman–Crippen MR) is 114 cm³/mol. The number of carbonyl (C=O) groups excluding carboxylic acids is 1. The molecular weight excluding hydrogens is 378 g/mol. The predicted octanol–water partition coefficient (Wildman–Crippen LogP) is 4.44. The summed E-state index contributed by atoms with van der Waals surface area (Å²) in [7, 11) is 0. The van der Waals surface area contributed by atoms with Crippen molar-refractivity contribution >= 4 is 46.2 Å². The highest BCUT2D eigenvalue weighted by molar-refractivity contribution is 8.18. The first-order chi connectivity index (χ1) is 13.1. The molecule has 2 aliphatic rings. The molecule has 0 spiro atoms. The van der Waals surface area contributed by atoms with Crippen LogP contribution in [0.1, 0.15) is 11.1 Å². The molecule has 1 fully saturated rings. The number of para-hydroxylation sites is 1. The van der Waals surface area contributed by atoms with E-state index in [1.165, 1.54) is 23.0 Å². The summed E-state index contributed by atoms with van der Waals surface area (Å²) >= 11 is 7.38. The van der Waals surface area contributed by atoms with Gasteiger partial charge in [0.1, 0.15) is 0 Å². The van der Waals surface area contributed by atoms with Gasteiger partial charge in [-0.15, -0.1) is 0 Å². The van der Waals surface area contributed by atoms with Crippen molar-refractivity contribution in [3.05, 3.63) is 69.6 Å². The molecular formula is C21H20ClN3OS. The summed E-state index contributed by atoms with van der Waals surface area (Å²) in [4.78, 5) is 21.8. The van der Waals surface area contributed by atoms with Gasteiger partial charge in [0, 0.05) is 36.9 Å². The Labute approximate surface area is 168 Å². The van der Waals surface area contributed by atoms with Crippen LogP contribution in [0.2, 0.25) is 5.02 Å². The van der Waals surface area contributed by atoms with Gasteiger partial charge in [-0.2, -0.15) is 4.99 Å². The third-order valence-electron chi connectivity index (χ3n) is 4.78. The molecule has 0 saturated carbocycles. The van der Waals surface area contributed by atoms with Crippen LogP contribution in [0.15, 0.2) is 58.4 Å². The van der Waals surface area contributed by atoms with Crippen LogP contribution in [0.25, 0.3) is 6.08 Å². The van der Waals surface area contributed by atoms with Crippen LogP contribution >= 0.6 is 23.4 Å². The first-order valence-electron chi connectivity index (χ1n) is 8.94. The number of amides is 1. The van der Waals surface area contributed by atoms with Gasteiger partial charge in [-0.05, 0) is 54.1 Å². The molecule has 0 bridgehead atoms. The number of hydrogen-bond acceptors (Lipinski definition) is 4. The number of amidine groups is 1. The summed E-state index contributed by atoms with van der Waals surface area (Å²) < 4.78 is 0. The Morgan fingerprint density at radius 3 is 2.37 bits per heavy atom. The molecule has 0 radical (unpaired) electrons. The Bertz CT molecular complexity index is 915. The van der Waals surface area contributed by atoms with E-state index in [4.69, 9.17) is 11.6 Å². The highest BCUT2D eigenvalue weighted by atomic mass is 35.5. The Morgan fingerprint density at radius 2 is 1.67 bits per heavy atom. The second kappa shape index (κ2) is 7.79. The van der Waals surface area contributed by atoms with Gasteiger partial charge < -0.3 is 9.80 Å². The van der Waals surface area contributed by atoms with Gasteiger partial charge in [0.25, 0.3) is 5.91 Å². The number of nitrogens with zero attached hydrogens (tertiary/aromatic N) is 3. The number of aliphatic imine (C=N–C) groups is 1. The standard InChI is InChI=1S/C21H20ClN3OS/c1-15-4-2-3-5-18(15)24-10-12-25(13-11-24)21-23-20(26)19(27-21)14-16-6-8-17(22)9-7-16/h2-9,14H,10-13H2,1H3/b19-14+. The Balaban J connectivity index is 1.41. The topological polar surface area (TPSA) is 35.9 Å². The fraction of sp³-hybridized carbons (Fsp3) is 0.238. The van der Waals surface area contributed by atoms with Crippen molar-refractivity contribution in [1.29, 1.82) is 0 Å². The summed E-state index contributed by atoms with van der Waals surface area (Å²) in [5.74, 6) is -0.161. The molecule has 1 amide bonds. The molecule has 0 atom stereocenters. The quantitative estimate of drug-likeness (QED) is 0.702. The minimum absolute atomic E-state index is 0.161. The van der Waals surface area contributed by atoms with Crippen molar-refractivity contribution in [3.8, 4) is 0 Å². The number of anilines is 1. The number of carbonyl (C=O) groups is 1. The number of benzene rings is 2. The zero-order valence-corrected chi connectivity index (χ0v) is 16.6. The number of aryl methyl sites for hydroxylation is 1. The number of halogens is 1. The van der Waals surface area contributed by atoms with Gasteiger partial charge in [-0.3, -0.25) is 4.79 Å². The molecule has 4 nitrogen and oxygen atoms in total. The van der Waals surface area contributed by atoms with Crippen LogP contribution in [0.3, 0.4) is 0 Å². The van der Waals surface area contributed by atoms with Crippen molar-refractivity contribution in [2.24, 2.45) is 4.99 Å². The lowest BCUT2D eigenvalue weighted by Gasteiger charge is -2.37. The van der Waals surface area contributed by atoms with E-state index >= 15 is 0 Å². The van der Waals surface area contributed by atoms with E-state index in [1.54, 1.807) is 0 Å². The molecule has 0 N–H and O–H groups in total. The van der Waals surface area contributed by atoms with Gasteiger partial charge in [0.05, 0.1) is 4.91 Å². The summed E-state index contributed by atoms with van der Waals surface area (Å²) in [6, 6.07) is 15.9. The molecule has 0 aliphatic carbocycles. The maximum absolute atomic E-state index is 12.3. The minimum Gasteiger partial charge on any atom is -0.368 e. The normalized spacial score (nSPS) is 19.0. The SMILES string of the molecule is Cc1ccccc1N1CCN(C2=NC(=O)/C(=C\c3ccc(Cl)cc3)S2)CC1. The fourth-order valence-electron chi connectivity index (χ4n) is 3.30. The van der Waals surface area contributed by atoms with Crippen molar-refractivity contribution in [2.75, 3.05) is 31.1 Å². The van der Waals surface area contributed by atoms with Gasteiger partial charge in [-0.25, -0.2) is 0 Å². The van der Waals surface area contributed by atoms with E-state index in [0.29, 0.717) is 9.93 Å². The van der Waals surface area contributed by atoms with Crippen LogP contribution in [-0.4, -0.2) is 42.2 Å². The van der Waals surface area contributed by atoms with Crippen LogP contribution in [-0.2, 0) is 4.79 Å². The molecule has 0 unspecified atom stereocenters. The number of hydrogen-bond donors (Lipinski definition) is 0. The summed E-state index contributed by atoms with van der Waals surface area (Å²) in [6.07, 6.45) is 1.88. The van der Waals surface area contributed by atoms with E-state index in [0.717, 1.165) is 36.9 Å². The van der Waals surface area contributed by atoms with Gasteiger partial charge >= 0.3 is 0 Å². The lowest BCUT2D eigenvalue weighted by molar-refractivity contribution is -0.113. The van der Waals surface area contributed by atoms with E-state index in [9.17, 15) is 4.79 Å². The highest BCUT2D eigenvalue weighted by Crippen LogP contribution is 2.31. The Hall–Kier alpha value is -2.24. The fourth-order valence-corrected chi connectivity index (χ4v) is 4.39. The zero-order valence-electron chi connectivity index (χ0n) is 15.1. The summed E-state index contributed by atoms with van der Waals surface area (Å²) in [6.45, 7) is 5.72. The van der Waals surface area contributed by atoms with E-state index in [2.05, 4.69) is 46.0 Å². The van der Waals surface area contributed by atoms with E-state index in [1.807, 2.05) is 30.3 Å². The third kappa shape index (κ3) is 4.04. The van der Waals surface area contributed by atoms with Crippen LogP contribution in [0.4, 0.5) is 5.69 Å². The van der Waals surface area contributed by atoms with Crippen LogP contribution in [0, 0.1) is 6.92 Å². The molecule has 4 rings (SSSR count). The average molecular weight is 398 g/mol. The molecule has 0 aromatic heterocycles. The first kappa shape index (κ1) is 18.1. The molecule has 1 saturated heterocycles. The average Bonchev–Trinajstić information content (AvgIpc) is 3.05. The molecule has 27 heavy (non-hydrogen) atoms. The first-order valence-corrected chi connectivity index (χ1v) is 10.1. The van der Waals surface area contributed by atoms with Crippen molar-refractivity contribution in [3.63, 3.8) is 0 Å². The second-order valence-electron chi connectivity index (χ2n) is 6.62. The lowest BCUT2D eigenvalue weighted by atomic mass is 10.1. The smallest absolute Gasteiger partial charge is 0.286 e. The van der Waals surface area contributed by atoms with Gasteiger partial charge in [0.2, 0.25) is 0 Å². The second-order valence-corrected chi connectivity index (χ2v) is 8.07. The van der Waals surface area contributed by atoms with Crippen LogP contribution in [0.5, 0.6) is 0 Å². The molecule has 2 aromatic rings. The molecule has 6 heteroatoms. The number of piperazine rings is 1. The molecule has 2 aliphatic heterocycles. The third-order valence-corrected chi connectivity index (χ3v) is 6.08. The van der Waals surface area contributed by atoms with E-state index in [-0.39, 0.29) is 5.91 Å². The van der Waals surface area contributed by atoms with Crippen molar-refractivity contribution in [2.45, 2.75) is 6.92 Å². The van der Waals surface area contributed by atoms with Crippen molar-refractivity contribution < 1.29 is 4.79 Å². The van der Waals surface area contributed by atoms with Crippen LogP contribution < -0.4 is 4.90 Å². The molecule has 2 aromatic carbocycles. The zero-order chi connectivity index (χ0) is 18.8. The highest BCUT2D eigenvalue weighted by Gasteiger charge is 2.28. The Kier molecular flexibility index (Phi) is 5.23. The molecule has 138 valence electrons. The maximum atomic E-state index is 12.3. The van der Waals surface area contributed by atoms with Gasteiger partial charge in [-0.1, -0.05) is 41.9 Å². The molecule has 2 heterocycles. The van der Waals surface area contributed by atoms with Gasteiger partial charge in [0.15, 0.2) is 5.17 Å². The maximum Gasteiger partial charge on any atom is 0.286 e. The largest absolute Gasteiger partial charge is 0.368 e. The lowest BCUT2D eigenvalue weighted by Crippen LogP contribution is -2.48. The summed E-state index contributed by atoms with van der Waals surface area (Å²) in [5.41, 5.74) is 3.54. The Morgan fingerprint density at radius 1 is 1.00 bits per heavy atom. The minimum atomic E-state index is -0.161.